The van der Waals surface area contributed by atoms with Crippen LogP contribution in [0.25, 0.3) is 0 Å². The fraction of sp³-hybridized carbons (Fsp3) is 0.474. The van der Waals surface area contributed by atoms with Crippen LogP contribution < -0.4 is 10.2 Å². The number of hydrogen-bond donors (Lipinski definition) is 1. The first-order valence-electron chi connectivity index (χ1n) is 8.47. The van der Waals surface area contributed by atoms with Gasteiger partial charge in [0.15, 0.2) is 0 Å². The van der Waals surface area contributed by atoms with E-state index in [1.54, 1.807) is 0 Å². The summed E-state index contributed by atoms with van der Waals surface area (Å²) in [7, 11) is 0. The van der Waals surface area contributed by atoms with Crippen LogP contribution in [0.15, 0.2) is 24.3 Å². The van der Waals surface area contributed by atoms with E-state index in [4.69, 9.17) is 4.98 Å². The Morgan fingerprint density at radius 2 is 1.83 bits per heavy atom. The van der Waals surface area contributed by atoms with Gasteiger partial charge in [0.2, 0.25) is 5.95 Å². The highest BCUT2D eigenvalue weighted by molar-refractivity contribution is 5.61. The monoisotopic (exact) mass is 310 g/mol. The number of nitrogens with zero attached hydrogens (tertiary/aromatic N) is 3. The van der Waals surface area contributed by atoms with E-state index >= 15 is 0 Å². The molecule has 3 rings (SSSR count). The Hall–Kier alpha value is -2.10. The summed E-state index contributed by atoms with van der Waals surface area (Å²) in [4.78, 5) is 11.7. The molecule has 0 atom stereocenters. The number of aryl methyl sites for hydroxylation is 2. The molecule has 1 aromatic heterocycles. The molecule has 2 aromatic rings. The van der Waals surface area contributed by atoms with Crippen LogP contribution in [0.4, 0.5) is 17.5 Å². The molecule has 4 nitrogen and oxygen atoms in total. The second kappa shape index (κ2) is 6.57. The van der Waals surface area contributed by atoms with Gasteiger partial charge in [-0.1, -0.05) is 19.1 Å². The molecule has 0 unspecified atom stereocenters. The lowest BCUT2D eigenvalue weighted by molar-refractivity contribution is 0.436. The highest BCUT2D eigenvalue weighted by atomic mass is 15.2. The number of anilines is 3. The van der Waals surface area contributed by atoms with Gasteiger partial charge in [0.05, 0.1) is 0 Å². The summed E-state index contributed by atoms with van der Waals surface area (Å²) in [5.41, 5.74) is 4.59. The molecule has 0 bridgehead atoms. The van der Waals surface area contributed by atoms with Gasteiger partial charge >= 0.3 is 0 Å². The molecule has 23 heavy (non-hydrogen) atoms. The van der Waals surface area contributed by atoms with E-state index in [0.29, 0.717) is 5.95 Å². The Labute approximate surface area is 139 Å². The van der Waals surface area contributed by atoms with Gasteiger partial charge in [0, 0.05) is 30.5 Å². The van der Waals surface area contributed by atoms with Crippen LogP contribution in [0.3, 0.4) is 0 Å². The normalized spacial score (nSPS) is 15.7. The first-order valence-corrected chi connectivity index (χ1v) is 8.47. The molecule has 0 amide bonds. The predicted molar refractivity (Wildman–Crippen MR) is 96.6 cm³/mol. The van der Waals surface area contributed by atoms with Gasteiger partial charge in [-0.05, 0) is 56.7 Å². The van der Waals surface area contributed by atoms with Crippen LogP contribution in [-0.4, -0.2) is 23.1 Å². The van der Waals surface area contributed by atoms with E-state index in [2.05, 4.69) is 60.2 Å². The maximum Gasteiger partial charge on any atom is 0.229 e. The number of rotatable bonds is 3. The molecular weight excluding hydrogens is 284 g/mol. The van der Waals surface area contributed by atoms with Crippen molar-refractivity contribution in [3.63, 3.8) is 0 Å². The molecule has 0 radical (unpaired) electrons. The number of benzene rings is 1. The van der Waals surface area contributed by atoms with Gasteiger partial charge in [-0.2, -0.15) is 4.98 Å². The van der Waals surface area contributed by atoms with Crippen molar-refractivity contribution in [1.82, 2.24) is 9.97 Å². The van der Waals surface area contributed by atoms with E-state index in [1.807, 2.05) is 6.92 Å². The van der Waals surface area contributed by atoms with Crippen LogP contribution >= 0.6 is 0 Å². The maximum atomic E-state index is 4.75. The van der Waals surface area contributed by atoms with E-state index in [0.717, 1.165) is 36.2 Å². The zero-order chi connectivity index (χ0) is 16.4. The van der Waals surface area contributed by atoms with E-state index < -0.39 is 0 Å². The van der Waals surface area contributed by atoms with Gasteiger partial charge in [0.1, 0.15) is 5.82 Å². The maximum absolute atomic E-state index is 4.75. The summed E-state index contributed by atoms with van der Waals surface area (Å²) in [5, 5.41) is 3.39. The summed E-state index contributed by atoms with van der Waals surface area (Å²) >= 11 is 0. The Morgan fingerprint density at radius 3 is 2.57 bits per heavy atom. The molecule has 0 saturated carbocycles. The molecule has 1 fully saturated rings. The first kappa shape index (κ1) is 15.8. The smallest absolute Gasteiger partial charge is 0.229 e. The van der Waals surface area contributed by atoms with Crippen LogP contribution in [0.2, 0.25) is 0 Å². The minimum absolute atomic E-state index is 0.687. The minimum atomic E-state index is 0.687. The van der Waals surface area contributed by atoms with Crippen molar-refractivity contribution in [3.05, 3.63) is 41.1 Å². The van der Waals surface area contributed by atoms with Crippen molar-refractivity contribution in [2.45, 2.75) is 40.5 Å². The number of hydrogen-bond acceptors (Lipinski definition) is 4. The molecule has 2 heterocycles. The lowest BCUT2D eigenvalue weighted by Gasteiger charge is -2.31. The second-order valence-corrected chi connectivity index (χ2v) is 6.73. The largest absolute Gasteiger partial charge is 0.356 e. The Morgan fingerprint density at radius 1 is 1.09 bits per heavy atom. The van der Waals surface area contributed by atoms with Gasteiger partial charge in [-0.3, -0.25) is 0 Å². The van der Waals surface area contributed by atoms with Gasteiger partial charge < -0.3 is 10.2 Å². The summed E-state index contributed by atoms with van der Waals surface area (Å²) in [6, 6.07) is 8.35. The van der Waals surface area contributed by atoms with Gasteiger partial charge in [-0.25, -0.2) is 4.98 Å². The minimum Gasteiger partial charge on any atom is -0.356 e. The average Bonchev–Trinajstić information content (AvgIpc) is 2.52. The first-order chi connectivity index (χ1) is 11.0. The summed E-state index contributed by atoms with van der Waals surface area (Å²) in [5.74, 6) is 2.55. The number of aromatic nitrogens is 2. The highest BCUT2D eigenvalue weighted by Crippen LogP contribution is 2.25. The number of piperidine rings is 1. The molecule has 1 saturated heterocycles. The summed E-state index contributed by atoms with van der Waals surface area (Å²) in [6.45, 7) is 10.8. The van der Waals surface area contributed by atoms with Crippen LogP contribution in [0.1, 0.15) is 36.6 Å². The third-order valence-electron chi connectivity index (χ3n) is 4.80. The highest BCUT2D eigenvalue weighted by Gasteiger charge is 2.18. The van der Waals surface area contributed by atoms with E-state index in [1.165, 1.54) is 24.0 Å². The lowest BCUT2D eigenvalue weighted by atomic mass is 9.99. The third-order valence-corrected chi connectivity index (χ3v) is 4.80. The summed E-state index contributed by atoms with van der Waals surface area (Å²) < 4.78 is 0. The van der Waals surface area contributed by atoms with Gasteiger partial charge in [-0.15, -0.1) is 0 Å². The molecule has 4 heteroatoms. The summed E-state index contributed by atoms with van der Waals surface area (Å²) in [6.07, 6.45) is 2.48. The number of nitrogens with one attached hydrogen (secondary N) is 1. The van der Waals surface area contributed by atoms with Crippen molar-refractivity contribution in [2.75, 3.05) is 23.3 Å². The fourth-order valence-corrected chi connectivity index (χ4v) is 3.01. The van der Waals surface area contributed by atoms with E-state index in [-0.39, 0.29) is 0 Å². The topological polar surface area (TPSA) is 41.1 Å². The lowest BCUT2D eigenvalue weighted by Crippen LogP contribution is -2.33. The predicted octanol–water partition coefficient (Wildman–Crippen LogP) is 4.38. The zero-order valence-electron chi connectivity index (χ0n) is 14.6. The molecule has 1 N–H and O–H groups in total. The third kappa shape index (κ3) is 3.63. The average molecular weight is 310 g/mol. The quantitative estimate of drug-likeness (QED) is 0.913. The van der Waals surface area contributed by atoms with Crippen molar-refractivity contribution >= 4 is 17.5 Å². The molecule has 0 spiro atoms. The van der Waals surface area contributed by atoms with Crippen molar-refractivity contribution in [1.29, 1.82) is 0 Å². The molecule has 0 aliphatic carbocycles. The molecule has 1 aromatic carbocycles. The molecule has 122 valence electrons. The van der Waals surface area contributed by atoms with Crippen molar-refractivity contribution < 1.29 is 0 Å². The second-order valence-electron chi connectivity index (χ2n) is 6.73. The standard InChI is InChI=1S/C19H26N4/c1-13-8-10-23(11-9-13)18-12-15(3)20-19(22-18)21-17-7-5-6-14(2)16(17)4/h5-7,12-13H,8-11H2,1-4H3,(H,20,21,22). The Bertz CT molecular complexity index is 688. The van der Waals surface area contributed by atoms with Crippen LogP contribution in [0.5, 0.6) is 0 Å². The Balaban J connectivity index is 1.84. The SMILES string of the molecule is Cc1cc(N2CCC(C)CC2)nc(Nc2cccc(C)c2C)n1. The zero-order valence-corrected chi connectivity index (χ0v) is 14.6. The molecule has 1 aliphatic heterocycles. The van der Waals surface area contributed by atoms with Gasteiger partial charge in [0.25, 0.3) is 0 Å². The van der Waals surface area contributed by atoms with E-state index in [9.17, 15) is 0 Å². The Kier molecular flexibility index (Phi) is 4.51. The molecule has 1 aliphatic rings. The van der Waals surface area contributed by atoms with Crippen LogP contribution in [0, 0.1) is 26.7 Å². The fourth-order valence-electron chi connectivity index (χ4n) is 3.01. The van der Waals surface area contributed by atoms with Crippen molar-refractivity contribution in [3.8, 4) is 0 Å². The van der Waals surface area contributed by atoms with Crippen LogP contribution in [-0.2, 0) is 0 Å². The molecular formula is C19H26N4. The van der Waals surface area contributed by atoms with Crippen molar-refractivity contribution in [2.24, 2.45) is 5.92 Å².